The van der Waals surface area contributed by atoms with Crippen molar-refractivity contribution in [3.05, 3.63) is 0 Å². The van der Waals surface area contributed by atoms with Gasteiger partial charge in [-0.2, -0.15) is 29.9 Å². The molecule has 2 heterocycles. The number of aromatic nitrogens is 6. The third-order valence-corrected chi connectivity index (χ3v) is 10.2. The zero-order valence-electron chi connectivity index (χ0n) is 22.3. The highest BCUT2D eigenvalue weighted by atomic mass is 33.7. The van der Waals surface area contributed by atoms with Crippen molar-refractivity contribution < 1.29 is 0 Å². The summed E-state index contributed by atoms with van der Waals surface area (Å²) in [6.45, 7) is 18.0. The SMILES string of the molecule is CCCN(CCC)c1nc(NCC)nc(SSSSc2nc(NCC)nc(N(CCC)CCC)n2)n1. The molecule has 0 atom stereocenters. The quantitative estimate of drug-likeness (QED) is 0.146. The maximum absolute atomic E-state index is 4.74. The summed E-state index contributed by atoms with van der Waals surface area (Å²) in [4.78, 5) is 32.4. The van der Waals surface area contributed by atoms with E-state index in [0.29, 0.717) is 22.2 Å². The smallest absolute Gasteiger partial charge is 0.231 e. The van der Waals surface area contributed by atoms with Crippen molar-refractivity contribution >= 4 is 65.0 Å². The first kappa shape index (κ1) is 30.8. The normalized spacial score (nSPS) is 10.9. The van der Waals surface area contributed by atoms with Crippen molar-refractivity contribution in [1.82, 2.24) is 29.9 Å². The molecule has 36 heavy (non-hydrogen) atoms. The lowest BCUT2D eigenvalue weighted by Gasteiger charge is -2.22. The lowest BCUT2D eigenvalue weighted by atomic mass is 10.4. The monoisotopic (exact) mass is 572 g/mol. The first-order valence-electron chi connectivity index (χ1n) is 12.8. The maximum Gasteiger partial charge on any atom is 0.231 e. The van der Waals surface area contributed by atoms with Crippen LogP contribution in [0.5, 0.6) is 0 Å². The van der Waals surface area contributed by atoms with E-state index < -0.39 is 0 Å². The number of hydrogen-bond acceptors (Lipinski definition) is 14. The van der Waals surface area contributed by atoms with Crippen LogP contribution in [0.3, 0.4) is 0 Å². The van der Waals surface area contributed by atoms with Crippen molar-refractivity contribution in [1.29, 1.82) is 0 Å². The van der Waals surface area contributed by atoms with Crippen LogP contribution in [0.2, 0.25) is 0 Å². The van der Waals surface area contributed by atoms with Crippen molar-refractivity contribution in [2.24, 2.45) is 0 Å². The molecule has 0 spiro atoms. The van der Waals surface area contributed by atoms with Crippen LogP contribution in [0.15, 0.2) is 10.3 Å². The minimum absolute atomic E-state index is 0.616. The van der Waals surface area contributed by atoms with E-state index in [2.05, 4.69) is 68.1 Å². The molecule has 0 aliphatic heterocycles. The van der Waals surface area contributed by atoms with E-state index in [1.54, 1.807) is 19.7 Å². The molecule has 0 fully saturated rings. The van der Waals surface area contributed by atoms with Crippen LogP contribution in [-0.4, -0.2) is 69.2 Å². The molecule has 2 aromatic rings. The molecule has 202 valence electrons. The molecular weight excluding hydrogens is 533 g/mol. The fourth-order valence-electron chi connectivity index (χ4n) is 3.32. The molecular formula is C22H40N10S4. The lowest BCUT2D eigenvalue weighted by Crippen LogP contribution is -2.27. The zero-order chi connectivity index (χ0) is 26.2. The van der Waals surface area contributed by atoms with Gasteiger partial charge < -0.3 is 20.4 Å². The Morgan fingerprint density at radius 1 is 0.528 bits per heavy atom. The van der Waals surface area contributed by atoms with E-state index in [1.165, 1.54) is 21.6 Å². The molecule has 0 amide bonds. The van der Waals surface area contributed by atoms with Crippen LogP contribution in [-0.2, 0) is 0 Å². The molecule has 14 heteroatoms. The summed E-state index contributed by atoms with van der Waals surface area (Å²) in [7, 11) is 6.23. The van der Waals surface area contributed by atoms with Gasteiger partial charge in [0.2, 0.25) is 34.1 Å². The van der Waals surface area contributed by atoms with Gasteiger partial charge in [-0.25, -0.2) is 0 Å². The summed E-state index contributed by atoms with van der Waals surface area (Å²) in [5.74, 6) is 2.69. The van der Waals surface area contributed by atoms with Gasteiger partial charge in [-0.05, 0) is 80.8 Å². The average molecular weight is 573 g/mol. The Hall–Kier alpha value is -1.38. The van der Waals surface area contributed by atoms with Gasteiger partial charge in [0.25, 0.3) is 0 Å². The van der Waals surface area contributed by atoms with Gasteiger partial charge in [-0.1, -0.05) is 27.7 Å². The Labute approximate surface area is 231 Å². The summed E-state index contributed by atoms with van der Waals surface area (Å²) in [5, 5.41) is 7.85. The van der Waals surface area contributed by atoms with Crippen molar-refractivity contribution in [2.75, 3.05) is 59.7 Å². The van der Waals surface area contributed by atoms with Crippen LogP contribution in [0, 0.1) is 0 Å². The third-order valence-electron chi connectivity index (χ3n) is 4.66. The Bertz CT molecular complexity index is 808. The lowest BCUT2D eigenvalue weighted by molar-refractivity contribution is 0.707. The Kier molecular flexibility index (Phi) is 15.4. The highest BCUT2D eigenvalue weighted by molar-refractivity contribution is 9.26. The van der Waals surface area contributed by atoms with Crippen molar-refractivity contribution in [2.45, 2.75) is 77.5 Å². The number of hydrogen-bond donors (Lipinski definition) is 2. The molecule has 0 aliphatic rings. The minimum atomic E-state index is 0.616. The Morgan fingerprint density at radius 3 is 1.19 bits per heavy atom. The molecule has 0 saturated carbocycles. The van der Waals surface area contributed by atoms with E-state index in [1.807, 2.05) is 13.8 Å². The largest absolute Gasteiger partial charge is 0.354 e. The topological polar surface area (TPSA) is 108 Å². The second kappa shape index (κ2) is 18.0. The average Bonchev–Trinajstić information content (AvgIpc) is 2.86. The molecule has 0 radical (unpaired) electrons. The van der Waals surface area contributed by atoms with Crippen LogP contribution in [0.4, 0.5) is 23.8 Å². The first-order valence-corrected chi connectivity index (χ1v) is 17.6. The summed E-state index contributed by atoms with van der Waals surface area (Å²) < 4.78 is 0. The molecule has 0 saturated heterocycles. The predicted molar refractivity (Wildman–Crippen MR) is 160 cm³/mol. The molecule has 2 N–H and O–H groups in total. The van der Waals surface area contributed by atoms with Gasteiger partial charge in [0, 0.05) is 39.3 Å². The summed E-state index contributed by atoms with van der Waals surface area (Å²) >= 11 is 0. The van der Waals surface area contributed by atoms with Crippen molar-refractivity contribution in [3.63, 3.8) is 0 Å². The highest BCUT2D eigenvalue weighted by Gasteiger charge is 2.15. The van der Waals surface area contributed by atoms with E-state index in [9.17, 15) is 0 Å². The maximum atomic E-state index is 4.74. The van der Waals surface area contributed by atoms with Gasteiger partial charge in [0.05, 0.1) is 0 Å². The van der Waals surface area contributed by atoms with Crippen molar-refractivity contribution in [3.8, 4) is 0 Å². The van der Waals surface area contributed by atoms with Crippen LogP contribution < -0.4 is 20.4 Å². The molecule has 10 nitrogen and oxygen atoms in total. The summed E-state index contributed by atoms with van der Waals surface area (Å²) in [6.07, 6.45) is 4.18. The molecule has 0 bridgehead atoms. The number of nitrogens with zero attached hydrogens (tertiary/aromatic N) is 8. The fraction of sp³-hybridized carbons (Fsp3) is 0.727. The number of nitrogens with one attached hydrogen (secondary N) is 2. The predicted octanol–water partition coefficient (Wildman–Crippen LogP) is 6.27. The third kappa shape index (κ3) is 10.5. The second-order valence-electron chi connectivity index (χ2n) is 7.82. The highest BCUT2D eigenvalue weighted by Crippen LogP contribution is 2.48. The van der Waals surface area contributed by atoms with Gasteiger partial charge in [-0.15, -0.1) is 0 Å². The molecule has 0 aromatic carbocycles. The Balaban J connectivity index is 2.10. The van der Waals surface area contributed by atoms with Gasteiger partial charge in [-0.3, -0.25) is 0 Å². The van der Waals surface area contributed by atoms with Gasteiger partial charge in [0.1, 0.15) is 0 Å². The Morgan fingerprint density at radius 2 is 0.889 bits per heavy atom. The second-order valence-corrected chi connectivity index (χ2v) is 13.4. The van der Waals surface area contributed by atoms with E-state index in [4.69, 9.17) is 9.97 Å². The summed E-state index contributed by atoms with van der Waals surface area (Å²) in [5.41, 5.74) is 0. The van der Waals surface area contributed by atoms with Crippen LogP contribution >= 0.6 is 41.2 Å². The van der Waals surface area contributed by atoms with E-state index >= 15 is 0 Å². The standard InChI is InChI=1S/C22H40N10S4/c1-7-13-31(14-8-2)19-25-17(23-11-5)27-21(29-19)33-35-36-34-22-28-18(24-12-6)26-20(30-22)32(15-9-3)16-10-4/h7-16H2,1-6H3,(H,23,25,27,29)(H,24,26,28,30). The van der Waals surface area contributed by atoms with E-state index in [-0.39, 0.29) is 0 Å². The van der Waals surface area contributed by atoms with Crippen LogP contribution in [0.1, 0.15) is 67.2 Å². The minimum Gasteiger partial charge on any atom is -0.354 e. The summed E-state index contributed by atoms with van der Waals surface area (Å²) in [6, 6.07) is 0. The molecule has 2 rings (SSSR count). The zero-order valence-corrected chi connectivity index (χ0v) is 25.5. The molecule has 2 aromatic heterocycles. The molecule has 0 aliphatic carbocycles. The van der Waals surface area contributed by atoms with Gasteiger partial charge in [0.15, 0.2) is 0 Å². The molecule has 0 unspecified atom stereocenters. The van der Waals surface area contributed by atoms with Crippen LogP contribution in [0.25, 0.3) is 0 Å². The first-order chi connectivity index (χ1) is 17.6. The fourth-order valence-corrected chi connectivity index (χ4v) is 8.05. The number of anilines is 4. The number of rotatable bonds is 19. The van der Waals surface area contributed by atoms with E-state index in [0.717, 1.165) is 76.8 Å². The van der Waals surface area contributed by atoms with Gasteiger partial charge >= 0.3 is 0 Å².